The maximum atomic E-state index is 13.6. The van der Waals surface area contributed by atoms with Crippen LogP contribution in [-0.4, -0.2) is 44.2 Å². The van der Waals surface area contributed by atoms with Gasteiger partial charge in [0.05, 0.1) is 12.7 Å². The Balaban J connectivity index is 1.68. The summed E-state index contributed by atoms with van der Waals surface area (Å²) in [6.45, 7) is 17.2. The first-order valence-corrected chi connectivity index (χ1v) is 14.4. The van der Waals surface area contributed by atoms with Crippen molar-refractivity contribution in [3.05, 3.63) is 83.4 Å². The highest BCUT2D eigenvalue weighted by Gasteiger charge is 2.32. The molecule has 5 heteroatoms. The zero-order valence-corrected chi connectivity index (χ0v) is 25.7. The molecule has 5 nitrogen and oxygen atoms in total. The fraction of sp³-hybridized carbons (Fsp3) is 0.457. The summed E-state index contributed by atoms with van der Waals surface area (Å²) in [5, 5.41) is 0. The Morgan fingerprint density at radius 2 is 1.43 bits per heavy atom. The number of piperidine rings is 1. The van der Waals surface area contributed by atoms with E-state index >= 15 is 0 Å². The first-order chi connectivity index (χ1) is 18.8. The number of nitrogens with zero attached hydrogens (tertiary/aromatic N) is 2. The van der Waals surface area contributed by atoms with Gasteiger partial charge in [-0.05, 0) is 85.3 Å². The molecule has 0 aliphatic carbocycles. The number of carbonyl (C=O) groups excluding carboxylic acids is 1. The molecule has 3 aromatic carbocycles. The van der Waals surface area contributed by atoms with Gasteiger partial charge < -0.3 is 19.3 Å². The fourth-order valence-electron chi connectivity index (χ4n) is 5.70. The molecule has 40 heavy (non-hydrogen) atoms. The Hall–Kier alpha value is -3.31. The average Bonchev–Trinajstić information content (AvgIpc) is 2.90. The summed E-state index contributed by atoms with van der Waals surface area (Å²) in [7, 11) is 3.87. The van der Waals surface area contributed by atoms with Crippen molar-refractivity contribution in [1.82, 2.24) is 4.90 Å². The Kier molecular flexibility index (Phi) is 8.65. The zero-order valence-electron chi connectivity index (χ0n) is 25.7. The summed E-state index contributed by atoms with van der Waals surface area (Å²) in [5.41, 5.74) is 4.20. The van der Waals surface area contributed by atoms with Gasteiger partial charge in [-0.2, -0.15) is 0 Å². The molecule has 2 unspecified atom stereocenters. The molecule has 3 aromatic rings. The Bertz CT molecular complexity index is 1270. The van der Waals surface area contributed by atoms with Crippen LogP contribution in [0.2, 0.25) is 0 Å². The van der Waals surface area contributed by atoms with Crippen molar-refractivity contribution in [3.8, 4) is 11.5 Å². The second kappa shape index (κ2) is 11.7. The maximum absolute atomic E-state index is 13.6. The molecule has 214 valence electrons. The van der Waals surface area contributed by atoms with Gasteiger partial charge in [-0.15, -0.1) is 0 Å². The molecule has 0 aromatic heterocycles. The van der Waals surface area contributed by atoms with Gasteiger partial charge in [0.2, 0.25) is 0 Å². The number of esters is 1. The normalized spacial score (nSPS) is 18.3. The molecule has 4 rings (SSSR count). The minimum Gasteiger partial charge on any atom is -0.497 e. The highest BCUT2D eigenvalue weighted by atomic mass is 16.5. The lowest BCUT2D eigenvalue weighted by Crippen LogP contribution is -2.47. The molecule has 0 spiro atoms. The first kappa shape index (κ1) is 29.7. The third-order valence-corrected chi connectivity index (χ3v) is 7.92. The average molecular weight is 543 g/mol. The SMILES string of the molecule is COc1cc(C(C)(C)C)c(OC(=O)c2ccc(N(c3ccccc3)C3CCN(C)CC3C)cc2)c(C(C)(C)C)c1. The smallest absolute Gasteiger partial charge is 0.343 e. The number of hydrogen-bond donors (Lipinski definition) is 0. The van der Waals surface area contributed by atoms with Crippen molar-refractivity contribution in [1.29, 1.82) is 0 Å². The molecule has 0 radical (unpaired) electrons. The molecular weight excluding hydrogens is 496 g/mol. The molecule has 1 aliphatic rings. The van der Waals surface area contributed by atoms with Crippen LogP contribution >= 0.6 is 0 Å². The summed E-state index contributed by atoms with van der Waals surface area (Å²) in [6.07, 6.45) is 1.08. The second-order valence-corrected chi connectivity index (χ2v) is 13.3. The number of benzene rings is 3. The molecule has 0 saturated carbocycles. The number of hydrogen-bond acceptors (Lipinski definition) is 5. The van der Waals surface area contributed by atoms with Gasteiger partial charge in [0, 0.05) is 35.1 Å². The van der Waals surface area contributed by atoms with Gasteiger partial charge in [-0.25, -0.2) is 4.79 Å². The zero-order chi connectivity index (χ0) is 29.2. The Labute approximate surface area is 241 Å². The Morgan fingerprint density at radius 3 is 1.93 bits per heavy atom. The molecule has 1 saturated heterocycles. The van der Waals surface area contributed by atoms with Crippen LogP contribution in [0.25, 0.3) is 0 Å². The number of rotatable bonds is 6. The van der Waals surface area contributed by atoms with Crippen molar-refractivity contribution in [2.24, 2.45) is 5.92 Å². The van der Waals surface area contributed by atoms with E-state index in [-0.39, 0.29) is 16.8 Å². The number of anilines is 2. The van der Waals surface area contributed by atoms with Crippen LogP contribution in [0.1, 0.15) is 76.4 Å². The summed E-state index contributed by atoms with van der Waals surface area (Å²) < 4.78 is 11.8. The standard InChI is InChI=1S/C35H46N2O3/c1-24-23-36(8)20-19-31(24)37(26-13-11-10-12-14-26)27-17-15-25(16-18-27)33(38)40-32-29(34(2,3)4)21-28(39-9)22-30(32)35(5,6)7/h10-18,21-22,24,31H,19-20,23H2,1-9H3. The first-order valence-electron chi connectivity index (χ1n) is 14.4. The van der Waals surface area contributed by atoms with E-state index in [4.69, 9.17) is 9.47 Å². The highest BCUT2D eigenvalue weighted by Crippen LogP contribution is 2.43. The number of likely N-dealkylation sites (tertiary alicyclic amines) is 1. The third kappa shape index (κ3) is 6.52. The second-order valence-electron chi connectivity index (χ2n) is 13.3. The van der Waals surface area contributed by atoms with Crippen LogP contribution in [0.15, 0.2) is 66.7 Å². The van der Waals surface area contributed by atoms with Gasteiger partial charge in [0.1, 0.15) is 11.5 Å². The van der Waals surface area contributed by atoms with Crippen LogP contribution in [0.5, 0.6) is 11.5 Å². The summed E-state index contributed by atoms with van der Waals surface area (Å²) in [4.78, 5) is 18.4. The van der Waals surface area contributed by atoms with Crippen molar-refractivity contribution in [2.75, 3.05) is 32.1 Å². The van der Waals surface area contributed by atoms with E-state index in [1.54, 1.807) is 7.11 Å². The number of carbonyl (C=O) groups is 1. The molecule has 1 fully saturated rings. The van der Waals surface area contributed by atoms with Crippen molar-refractivity contribution >= 4 is 17.3 Å². The molecule has 0 amide bonds. The Morgan fingerprint density at radius 1 is 0.875 bits per heavy atom. The molecule has 2 atom stereocenters. The van der Waals surface area contributed by atoms with Gasteiger partial charge in [-0.1, -0.05) is 66.7 Å². The molecule has 1 aliphatic heterocycles. The van der Waals surface area contributed by atoms with Crippen LogP contribution in [0.3, 0.4) is 0 Å². The van der Waals surface area contributed by atoms with E-state index in [1.165, 1.54) is 5.69 Å². The minimum atomic E-state index is -0.355. The van der Waals surface area contributed by atoms with E-state index in [2.05, 4.69) is 108 Å². The lowest BCUT2D eigenvalue weighted by molar-refractivity contribution is 0.0728. The van der Waals surface area contributed by atoms with E-state index < -0.39 is 0 Å². The maximum Gasteiger partial charge on any atom is 0.343 e. The number of methoxy groups -OCH3 is 1. The van der Waals surface area contributed by atoms with E-state index in [1.807, 2.05) is 24.3 Å². The molecule has 1 heterocycles. The van der Waals surface area contributed by atoms with Crippen LogP contribution in [-0.2, 0) is 10.8 Å². The highest BCUT2D eigenvalue weighted by molar-refractivity contribution is 5.92. The van der Waals surface area contributed by atoms with E-state index in [9.17, 15) is 4.79 Å². The lowest BCUT2D eigenvalue weighted by Gasteiger charge is -2.43. The fourth-order valence-corrected chi connectivity index (χ4v) is 5.70. The summed E-state index contributed by atoms with van der Waals surface area (Å²) in [5.74, 6) is 1.54. The molecule has 0 N–H and O–H groups in total. The molecule has 0 bridgehead atoms. The number of ether oxygens (including phenoxy) is 2. The van der Waals surface area contributed by atoms with Crippen LogP contribution < -0.4 is 14.4 Å². The molecular formula is C35H46N2O3. The van der Waals surface area contributed by atoms with Gasteiger partial charge in [0.25, 0.3) is 0 Å². The quantitative estimate of drug-likeness (QED) is 0.233. The minimum absolute atomic E-state index is 0.241. The van der Waals surface area contributed by atoms with Crippen LogP contribution in [0, 0.1) is 5.92 Å². The summed E-state index contributed by atoms with van der Waals surface area (Å²) in [6, 6.07) is 22.8. The largest absolute Gasteiger partial charge is 0.497 e. The number of para-hydroxylation sites is 1. The predicted octanol–water partition coefficient (Wildman–Crippen LogP) is 7.99. The van der Waals surface area contributed by atoms with Gasteiger partial charge in [0.15, 0.2) is 0 Å². The van der Waals surface area contributed by atoms with Crippen LogP contribution in [0.4, 0.5) is 11.4 Å². The lowest BCUT2D eigenvalue weighted by atomic mass is 9.79. The third-order valence-electron chi connectivity index (χ3n) is 7.92. The monoisotopic (exact) mass is 542 g/mol. The van der Waals surface area contributed by atoms with Crippen molar-refractivity contribution < 1.29 is 14.3 Å². The van der Waals surface area contributed by atoms with E-state index in [0.29, 0.717) is 23.3 Å². The predicted molar refractivity (Wildman–Crippen MR) is 165 cm³/mol. The van der Waals surface area contributed by atoms with Gasteiger partial charge >= 0.3 is 5.97 Å². The topological polar surface area (TPSA) is 42.0 Å². The van der Waals surface area contributed by atoms with Crippen molar-refractivity contribution in [3.63, 3.8) is 0 Å². The van der Waals surface area contributed by atoms with E-state index in [0.717, 1.165) is 42.1 Å². The van der Waals surface area contributed by atoms with Gasteiger partial charge in [-0.3, -0.25) is 0 Å². The summed E-state index contributed by atoms with van der Waals surface area (Å²) >= 11 is 0. The van der Waals surface area contributed by atoms with Crippen molar-refractivity contribution in [2.45, 2.75) is 71.8 Å².